The van der Waals surface area contributed by atoms with E-state index in [0.717, 1.165) is 52.4 Å². The fraction of sp³-hybridized carbons (Fsp3) is 1.00. The Morgan fingerprint density at radius 3 is 1.80 bits per heavy atom. The molecule has 1 fully saturated rings. The fourth-order valence-corrected chi connectivity index (χ4v) is 4.54. The van der Waals surface area contributed by atoms with E-state index in [2.05, 4.69) is 43.2 Å². The fourth-order valence-electron chi connectivity index (χ4n) is 2.06. The number of nitrogens with two attached hydrogens (primary N) is 1. The molecular formula is C14H32N4S2. The molecule has 1 aliphatic rings. The van der Waals surface area contributed by atoms with Gasteiger partial charge < -0.3 is 16.4 Å². The van der Waals surface area contributed by atoms with Crippen LogP contribution in [-0.4, -0.2) is 66.8 Å². The molecule has 20 heavy (non-hydrogen) atoms. The topological polar surface area (TPSA) is 53.3 Å². The lowest BCUT2D eigenvalue weighted by Crippen LogP contribution is -2.42. The normalized spacial score (nSPS) is 26.2. The number of nitrogens with zero attached hydrogens (tertiary/aromatic N) is 1. The van der Waals surface area contributed by atoms with Gasteiger partial charge in [0.25, 0.3) is 0 Å². The molecule has 120 valence electrons. The molecule has 0 atom stereocenters. The maximum absolute atomic E-state index is 5.70. The maximum atomic E-state index is 5.70. The molecule has 1 saturated heterocycles. The minimum absolute atomic E-state index is 0.259. The monoisotopic (exact) mass is 320 g/mol. The molecule has 0 radical (unpaired) electrons. The van der Waals surface area contributed by atoms with E-state index in [4.69, 9.17) is 5.73 Å². The Morgan fingerprint density at radius 1 is 0.950 bits per heavy atom. The quantitative estimate of drug-likeness (QED) is 0.668. The van der Waals surface area contributed by atoms with Gasteiger partial charge in [-0.05, 0) is 27.7 Å². The van der Waals surface area contributed by atoms with Crippen LogP contribution < -0.4 is 16.4 Å². The zero-order valence-corrected chi connectivity index (χ0v) is 15.1. The molecule has 0 spiro atoms. The second-order valence-corrected chi connectivity index (χ2v) is 10.2. The number of nitrogens with one attached hydrogen (secondary N) is 2. The van der Waals surface area contributed by atoms with E-state index in [1.807, 2.05) is 21.6 Å². The molecule has 0 aromatic rings. The third-order valence-corrected chi connectivity index (χ3v) is 7.48. The largest absolute Gasteiger partial charge is 0.329 e. The summed E-state index contributed by atoms with van der Waals surface area (Å²) in [6.45, 7) is 17.3. The molecule has 1 aliphatic heterocycles. The van der Waals surface area contributed by atoms with Crippen LogP contribution in [0, 0.1) is 0 Å². The highest BCUT2D eigenvalue weighted by molar-refractivity contribution is 8.77. The van der Waals surface area contributed by atoms with Crippen molar-refractivity contribution in [2.24, 2.45) is 5.73 Å². The Balaban J connectivity index is 2.56. The van der Waals surface area contributed by atoms with Crippen molar-refractivity contribution in [1.29, 1.82) is 0 Å². The number of rotatable bonds is 2. The van der Waals surface area contributed by atoms with Crippen LogP contribution in [0.5, 0.6) is 0 Å². The van der Waals surface area contributed by atoms with E-state index in [1.165, 1.54) is 0 Å². The first kappa shape index (κ1) is 18.6. The highest BCUT2D eigenvalue weighted by atomic mass is 33.1. The lowest BCUT2D eigenvalue weighted by Gasteiger charge is -2.30. The van der Waals surface area contributed by atoms with Crippen LogP contribution in [0.4, 0.5) is 0 Å². The van der Waals surface area contributed by atoms with Gasteiger partial charge in [-0.25, -0.2) is 0 Å². The van der Waals surface area contributed by atoms with E-state index in [0.29, 0.717) is 0 Å². The smallest absolute Gasteiger partial charge is 0.0331 e. The van der Waals surface area contributed by atoms with Crippen LogP contribution >= 0.6 is 21.6 Å². The second kappa shape index (κ2) is 8.86. The van der Waals surface area contributed by atoms with Crippen molar-refractivity contribution in [2.75, 3.05) is 52.4 Å². The highest BCUT2D eigenvalue weighted by Crippen LogP contribution is 2.42. The Labute approximate surface area is 132 Å². The SMILES string of the molecule is CC1(C)CNCCN(CCN)CCNCC(C)(C)SS1. The van der Waals surface area contributed by atoms with Gasteiger partial charge >= 0.3 is 0 Å². The van der Waals surface area contributed by atoms with Crippen LogP contribution in [0.25, 0.3) is 0 Å². The van der Waals surface area contributed by atoms with Crippen LogP contribution in [-0.2, 0) is 0 Å². The van der Waals surface area contributed by atoms with Gasteiger partial charge in [0.2, 0.25) is 0 Å². The van der Waals surface area contributed by atoms with Gasteiger partial charge in [0.1, 0.15) is 0 Å². The Kier molecular flexibility index (Phi) is 8.23. The summed E-state index contributed by atoms with van der Waals surface area (Å²) < 4.78 is 0.517. The Bertz CT molecular complexity index is 248. The Hall–Kier alpha value is 0.540. The molecule has 0 aliphatic carbocycles. The zero-order chi connectivity index (χ0) is 15.1. The molecule has 0 aromatic carbocycles. The van der Waals surface area contributed by atoms with E-state index >= 15 is 0 Å². The second-order valence-electron chi connectivity index (χ2n) is 6.67. The predicted molar refractivity (Wildman–Crippen MR) is 94.6 cm³/mol. The summed E-state index contributed by atoms with van der Waals surface area (Å²) in [7, 11) is 4.00. The average molecular weight is 321 g/mol. The van der Waals surface area contributed by atoms with Gasteiger partial charge in [0, 0.05) is 61.9 Å². The standard InChI is InChI=1S/C14H32N4S2/c1-13(2)11-16-6-9-18(8-5-15)10-7-17-12-14(3,4)20-19-13/h16-17H,5-12,15H2,1-4H3. The van der Waals surface area contributed by atoms with Crippen molar-refractivity contribution in [1.82, 2.24) is 15.5 Å². The molecule has 0 unspecified atom stereocenters. The van der Waals surface area contributed by atoms with E-state index < -0.39 is 0 Å². The number of hydrogen-bond acceptors (Lipinski definition) is 6. The summed E-state index contributed by atoms with van der Waals surface area (Å²) in [4.78, 5) is 2.44. The minimum atomic E-state index is 0.259. The van der Waals surface area contributed by atoms with Crippen LogP contribution in [0.15, 0.2) is 0 Å². The summed E-state index contributed by atoms with van der Waals surface area (Å²) in [6.07, 6.45) is 0. The van der Waals surface area contributed by atoms with Gasteiger partial charge in [-0.1, -0.05) is 21.6 Å². The molecular weight excluding hydrogens is 288 g/mol. The lowest BCUT2D eigenvalue weighted by molar-refractivity contribution is 0.278. The van der Waals surface area contributed by atoms with Crippen LogP contribution in [0.3, 0.4) is 0 Å². The van der Waals surface area contributed by atoms with Crippen molar-refractivity contribution in [2.45, 2.75) is 37.2 Å². The predicted octanol–water partition coefficient (Wildman–Crippen LogP) is 1.38. The summed E-state index contributed by atoms with van der Waals surface area (Å²) in [6, 6.07) is 0. The molecule has 0 saturated carbocycles. The third kappa shape index (κ3) is 8.10. The van der Waals surface area contributed by atoms with Gasteiger partial charge in [0.15, 0.2) is 0 Å². The van der Waals surface area contributed by atoms with Gasteiger partial charge in [-0.2, -0.15) is 0 Å². The first-order valence-electron chi connectivity index (χ1n) is 7.55. The molecule has 0 aromatic heterocycles. The van der Waals surface area contributed by atoms with Crippen molar-refractivity contribution < 1.29 is 0 Å². The molecule has 4 nitrogen and oxygen atoms in total. The molecule has 1 heterocycles. The average Bonchev–Trinajstić information content (AvgIpc) is 2.37. The van der Waals surface area contributed by atoms with E-state index in [-0.39, 0.29) is 9.49 Å². The zero-order valence-electron chi connectivity index (χ0n) is 13.5. The first-order chi connectivity index (χ1) is 9.35. The van der Waals surface area contributed by atoms with Crippen molar-refractivity contribution in [3.05, 3.63) is 0 Å². The molecule has 6 heteroatoms. The minimum Gasteiger partial charge on any atom is -0.329 e. The summed E-state index contributed by atoms with van der Waals surface area (Å²) in [5.41, 5.74) is 5.70. The summed E-state index contributed by atoms with van der Waals surface area (Å²) in [5, 5.41) is 7.19. The van der Waals surface area contributed by atoms with Gasteiger partial charge in [-0.15, -0.1) is 0 Å². The molecule has 0 amide bonds. The van der Waals surface area contributed by atoms with Gasteiger partial charge in [0.05, 0.1) is 0 Å². The van der Waals surface area contributed by atoms with Crippen molar-refractivity contribution in [3.63, 3.8) is 0 Å². The van der Waals surface area contributed by atoms with E-state index in [1.54, 1.807) is 0 Å². The van der Waals surface area contributed by atoms with Gasteiger partial charge in [-0.3, -0.25) is 4.90 Å². The summed E-state index contributed by atoms with van der Waals surface area (Å²) in [5.74, 6) is 0. The van der Waals surface area contributed by atoms with Crippen LogP contribution in [0.2, 0.25) is 0 Å². The summed E-state index contributed by atoms with van der Waals surface area (Å²) >= 11 is 0. The Morgan fingerprint density at radius 2 is 1.40 bits per heavy atom. The lowest BCUT2D eigenvalue weighted by atomic mass is 10.2. The van der Waals surface area contributed by atoms with Crippen molar-refractivity contribution >= 4 is 21.6 Å². The highest BCUT2D eigenvalue weighted by Gasteiger charge is 2.26. The first-order valence-corrected chi connectivity index (χ1v) is 9.70. The third-order valence-electron chi connectivity index (χ3n) is 3.25. The molecule has 0 bridgehead atoms. The number of hydrogen-bond donors (Lipinski definition) is 3. The molecule has 1 rings (SSSR count). The van der Waals surface area contributed by atoms with Crippen LogP contribution in [0.1, 0.15) is 27.7 Å². The maximum Gasteiger partial charge on any atom is 0.0331 e. The molecule has 4 N–H and O–H groups in total. The van der Waals surface area contributed by atoms with Crippen molar-refractivity contribution in [3.8, 4) is 0 Å². The van der Waals surface area contributed by atoms with E-state index in [9.17, 15) is 0 Å².